The summed E-state index contributed by atoms with van der Waals surface area (Å²) < 4.78 is 0. The van der Waals surface area contributed by atoms with E-state index in [1.165, 1.54) is 32.5 Å². The van der Waals surface area contributed by atoms with Crippen molar-refractivity contribution < 1.29 is 0 Å². The predicted octanol–water partition coefficient (Wildman–Crippen LogP) is 0.607. The highest BCUT2D eigenvalue weighted by Crippen LogP contribution is 2.22. The van der Waals surface area contributed by atoms with Crippen molar-refractivity contribution in [3.63, 3.8) is 0 Å². The summed E-state index contributed by atoms with van der Waals surface area (Å²) in [7, 11) is 4.26. The molecule has 0 bridgehead atoms. The van der Waals surface area contributed by atoms with Crippen LogP contribution in [0.3, 0.4) is 0 Å². The third-order valence-corrected chi connectivity index (χ3v) is 3.29. The number of nitrogens with zero attached hydrogens (tertiary/aromatic N) is 2. The molecule has 0 aromatic heterocycles. The van der Waals surface area contributed by atoms with Crippen molar-refractivity contribution in [3.8, 4) is 0 Å². The second-order valence-electron chi connectivity index (χ2n) is 4.76. The van der Waals surface area contributed by atoms with Crippen LogP contribution in [0.1, 0.15) is 19.8 Å². The van der Waals surface area contributed by atoms with Gasteiger partial charge in [0.25, 0.3) is 0 Å². The molecule has 1 rings (SSSR count). The molecule has 3 nitrogen and oxygen atoms in total. The van der Waals surface area contributed by atoms with E-state index in [0.717, 1.165) is 12.5 Å². The minimum Gasteiger partial charge on any atom is -0.329 e. The molecule has 2 N–H and O–H groups in total. The molecule has 0 amide bonds. The van der Waals surface area contributed by atoms with E-state index in [-0.39, 0.29) is 0 Å². The topological polar surface area (TPSA) is 32.5 Å². The molecule has 1 aliphatic rings. The number of nitrogens with two attached hydrogens (primary N) is 1. The zero-order valence-electron chi connectivity index (χ0n) is 9.87. The normalized spacial score (nSPS) is 28.9. The van der Waals surface area contributed by atoms with Crippen LogP contribution in [-0.2, 0) is 0 Å². The van der Waals surface area contributed by atoms with Gasteiger partial charge in [-0.3, -0.25) is 4.90 Å². The van der Waals surface area contributed by atoms with Crippen molar-refractivity contribution in [2.75, 3.05) is 40.3 Å². The molecule has 0 aromatic rings. The lowest BCUT2D eigenvalue weighted by Crippen LogP contribution is -2.39. The molecule has 84 valence electrons. The molecular formula is C11H25N3. The monoisotopic (exact) mass is 199 g/mol. The molecular weight excluding hydrogens is 174 g/mol. The summed E-state index contributed by atoms with van der Waals surface area (Å²) in [5.41, 5.74) is 5.79. The fraction of sp³-hybridized carbons (Fsp3) is 1.00. The summed E-state index contributed by atoms with van der Waals surface area (Å²) >= 11 is 0. The Balaban J connectivity index is 2.23. The van der Waals surface area contributed by atoms with E-state index in [4.69, 9.17) is 5.73 Å². The van der Waals surface area contributed by atoms with Gasteiger partial charge in [0.2, 0.25) is 0 Å². The van der Waals surface area contributed by atoms with Crippen LogP contribution in [0.2, 0.25) is 0 Å². The molecule has 14 heavy (non-hydrogen) atoms. The molecule has 1 saturated heterocycles. The second-order valence-corrected chi connectivity index (χ2v) is 4.76. The molecule has 0 saturated carbocycles. The second kappa shape index (κ2) is 5.69. The van der Waals surface area contributed by atoms with Crippen LogP contribution in [0.4, 0.5) is 0 Å². The maximum Gasteiger partial charge on any atom is 0.0244 e. The summed E-state index contributed by atoms with van der Waals surface area (Å²) in [6.45, 7) is 6.79. The van der Waals surface area contributed by atoms with Gasteiger partial charge in [-0.25, -0.2) is 0 Å². The lowest BCUT2D eigenvalue weighted by molar-refractivity contribution is 0.224. The van der Waals surface area contributed by atoms with Gasteiger partial charge < -0.3 is 10.6 Å². The first-order valence-electron chi connectivity index (χ1n) is 5.74. The van der Waals surface area contributed by atoms with Crippen LogP contribution in [0, 0.1) is 5.92 Å². The molecule has 0 aromatic carbocycles. The van der Waals surface area contributed by atoms with Gasteiger partial charge in [-0.2, -0.15) is 0 Å². The molecule has 1 fully saturated rings. The standard InChI is InChI=1S/C11H25N3/c1-10-5-8-14(11(10)9-12)7-4-6-13(2)3/h10-11H,4-9,12H2,1-3H3. The van der Waals surface area contributed by atoms with Crippen LogP contribution < -0.4 is 5.73 Å². The Bertz CT molecular complexity index is 159. The van der Waals surface area contributed by atoms with E-state index in [1.54, 1.807) is 0 Å². The van der Waals surface area contributed by atoms with Gasteiger partial charge in [-0.05, 0) is 52.5 Å². The Morgan fingerprint density at radius 3 is 2.71 bits per heavy atom. The van der Waals surface area contributed by atoms with Crippen molar-refractivity contribution in [2.24, 2.45) is 11.7 Å². The molecule has 2 unspecified atom stereocenters. The molecule has 0 aliphatic carbocycles. The summed E-state index contributed by atoms with van der Waals surface area (Å²) in [6, 6.07) is 0.636. The van der Waals surface area contributed by atoms with Gasteiger partial charge in [0, 0.05) is 12.6 Å². The number of hydrogen-bond acceptors (Lipinski definition) is 3. The molecule has 3 heteroatoms. The van der Waals surface area contributed by atoms with E-state index < -0.39 is 0 Å². The zero-order valence-corrected chi connectivity index (χ0v) is 9.87. The SMILES string of the molecule is CC1CCN(CCCN(C)C)C1CN. The summed E-state index contributed by atoms with van der Waals surface area (Å²) in [6.07, 6.45) is 2.58. The fourth-order valence-electron chi connectivity index (χ4n) is 2.34. The average molecular weight is 199 g/mol. The first-order valence-corrected chi connectivity index (χ1v) is 5.74. The van der Waals surface area contributed by atoms with Crippen LogP contribution in [0.15, 0.2) is 0 Å². The molecule has 0 radical (unpaired) electrons. The Morgan fingerprint density at radius 2 is 2.14 bits per heavy atom. The minimum atomic E-state index is 0.636. The van der Waals surface area contributed by atoms with Crippen molar-refractivity contribution in [1.29, 1.82) is 0 Å². The summed E-state index contributed by atoms with van der Waals surface area (Å²) in [4.78, 5) is 4.81. The third-order valence-electron chi connectivity index (χ3n) is 3.29. The Labute approximate surface area is 88.2 Å². The lowest BCUT2D eigenvalue weighted by atomic mass is 10.0. The van der Waals surface area contributed by atoms with Gasteiger partial charge in [-0.15, -0.1) is 0 Å². The average Bonchev–Trinajstić information content (AvgIpc) is 2.46. The number of likely N-dealkylation sites (tertiary alicyclic amines) is 1. The highest BCUT2D eigenvalue weighted by atomic mass is 15.2. The number of rotatable bonds is 5. The van der Waals surface area contributed by atoms with Crippen LogP contribution in [-0.4, -0.2) is 56.1 Å². The smallest absolute Gasteiger partial charge is 0.0244 e. The van der Waals surface area contributed by atoms with Crippen molar-refractivity contribution in [3.05, 3.63) is 0 Å². The van der Waals surface area contributed by atoms with E-state index in [0.29, 0.717) is 6.04 Å². The fourth-order valence-corrected chi connectivity index (χ4v) is 2.34. The highest BCUT2D eigenvalue weighted by Gasteiger charge is 2.28. The van der Waals surface area contributed by atoms with E-state index in [9.17, 15) is 0 Å². The van der Waals surface area contributed by atoms with Gasteiger partial charge in [0.05, 0.1) is 0 Å². The predicted molar refractivity (Wildman–Crippen MR) is 61.4 cm³/mol. The minimum absolute atomic E-state index is 0.636. The summed E-state index contributed by atoms with van der Waals surface area (Å²) in [5.74, 6) is 0.791. The van der Waals surface area contributed by atoms with Crippen molar-refractivity contribution in [1.82, 2.24) is 9.80 Å². The van der Waals surface area contributed by atoms with E-state index in [1.807, 2.05) is 0 Å². The van der Waals surface area contributed by atoms with Crippen LogP contribution in [0.5, 0.6) is 0 Å². The molecule has 1 aliphatic heterocycles. The number of hydrogen-bond donors (Lipinski definition) is 1. The zero-order chi connectivity index (χ0) is 10.6. The summed E-state index contributed by atoms with van der Waals surface area (Å²) in [5, 5.41) is 0. The third kappa shape index (κ3) is 3.23. The van der Waals surface area contributed by atoms with Gasteiger partial charge >= 0.3 is 0 Å². The van der Waals surface area contributed by atoms with E-state index in [2.05, 4.69) is 30.8 Å². The van der Waals surface area contributed by atoms with Crippen molar-refractivity contribution in [2.45, 2.75) is 25.8 Å². The Hall–Kier alpha value is -0.120. The van der Waals surface area contributed by atoms with Gasteiger partial charge in [-0.1, -0.05) is 6.92 Å². The Kier molecular flexibility index (Phi) is 4.85. The highest BCUT2D eigenvalue weighted by molar-refractivity contribution is 4.85. The van der Waals surface area contributed by atoms with Gasteiger partial charge in [0.1, 0.15) is 0 Å². The largest absolute Gasteiger partial charge is 0.329 e. The first kappa shape index (κ1) is 12.0. The van der Waals surface area contributed by atoms with E-state index >= 15 is 0 Å². The maximum atomic E-state index is 5.79. The molecule has 2 atom stereocenters. The van der Waals surface area contributed by atoms with Crippen LogP contribution in [0.25, 0.3) is 0 Å². The maximum absolute atomic E-state index is 5.79. The van der Waals surface area contributed by atoms with Crippen molar-refractivity contribution >= 4 is 0 Å². The quantitative estimate of drug-likeness (QED) is 0.704. The first-order chi connectivity index (χ1) is 6.65. The Morgan fingerprint density at radius 1 is 1.43 bits per heavy atom. The molecule has 0 spiro atoms. The van der Waals surface area contributed by atoms with Gasteiger partial charge in [0.15, 0.2) is 0 Å². The van der Waals surface area contributed by atoms with Crippen LogP contribution >= 0.6 is 0 Å². The molecule has 1 heterocycles. The lowest BCUT2D eigenvalue weighted by Gasteiger charge is -2.25.